The van der Waals surface area contributed by atoms with Crippen molar-refractivity contribution >= 4 is 43.7 Å². The van der Waals surface area contributed by atoms with Gasteiger partial charge in [-0.1, -0.05) is 0 Å². The minimum Gasteiger partial charge on any atom is -0.378 e. The van der Waals surface area contributed by atoms with Gasteiger partial charge in [-0.2, -0.15) is 0 Å². The molecule has 130 valence electrons. The number of methoxy groups -OCH3 is 1. The molecule has 10 heteroatoms. The van der Waals surface area contributed by atoms with Crippen LogP contribution in [-0.4, -0.2) is 31.8 Å². The van der Waals surface area contributed by atoms with E-state index in [1.165, 1.54) is 22.7 Å². The fourth-order valence-corrected chi connectivity index (χ4v) is 6.49. The molecule has 0 bridgehead atoms. The van der Waals surface area contributed by atoms with Crippen molar-refractivity contribution in [1.29, 1.82) is 0 Å². The van der Waals surface area contributed by atoms with Gasteiger partial charge in [0.05, 0.1) is 23.6 Å². The van der Waals surface area contributed by atoms with Gasteiger partial charge in [0.25, 0.3) is 0 Å². The molecule has 24 heavy (non-hydrogen) atoms. The molecule has 2 aromatic heterocycles. The average Bonchev–Trinajstić information content (AvgIpc) is 3.15. The van der Waals surface area contributed by atoms with E-state index in [-0.39, 0.29) is 6.04 Å². The number of carbonyl (C=O) groups excluding carboxylic acids is 1. The number of ether oxygens (including phenoxy) is 1. The molecule has 3 heterocycles. The Balaban J connectivity index is 1.71. The van der Waals surface area contributed by atoms with Crippen molar-refractivity contribution in [2.45, 2.75) is 35.5 Å². The van der Waals surface area contributed by atoms with Crippen LogP contribution >= 0.6 is 22.7 Å². The fraction of sp³-hybridized carbons (Fsp3) is 0.429. The number of amides is 2. The van der Waals surface area contributed by atoms with Crippen molar-refractivity contribution in [2.24, 2.45) is 0 Å². The first-order valence-electron chi connectivity index (χ1n) is 7.24. The summed E-state index contributed by atoms with van der Waals surface area (Å²) in [5.41, 5.74) is 1.41. The summed E-state index contributed by atoms with van der Waals surface area (Å²) < 4.78 is 30.0. The minimum absolute atomic E-state index is 0.330. The highest BCUT2D eigenvalue weighted by Gasteiger charge is 2.37. The summed E-state index contributed by atoms with van der Waals surface area (Å²) in [5, 5.41) is 9.03. The van der Waals surface area contributed by atoms with Crippen molar-refractivity contribution in [2.75, 3.05) is 12.4 Å². The molecule has 2 N–H and O–H groups in total. The second-order valence-electron chi connectivity index (χ2n) is 5.48. The van der Waals surface area contributed by atoms with Gasteiger partial charge in [0.1, 0.15) is 4.21 Å². The van der Waals surface area contributed by atoms with E-state index >= 15 is 0 Å². The van der Waals surface area contributed by atoms with E-state index in [0.717, 1.165) is 5.69 Å². The number of thiophene rings is 1. The van der Waals surface area contributed by atoms with Crippen LogP contribution < -0.4 is 10.6 Å². The highest BCUT2D eigenvalue weighted by Crippen LogP contribution is 2.39. The number of nitrogens with zero attached hydrogens (tertiary/aromatic N) is 1. The molecule has 0 fully saturated rings. The molecule has 1 aliphatic heterocycles. The Morgan fingerprint density at radius 3 is 3.00 bits per heavy atom. The molecule has 7 nitrogen and oxygen atoms in total. The van der Waals surface area contributed by atoms with Crippen molar-refractivity contribution in [3.8, 4) is 0 Å². The van der Waals surface area contributed by atoms with Crippen molar-refractivity contribution in [1.82, 2.24) is 10.3 Å². The average molecular weight is 388 g/mol. The molecule has 3 rings (SSSR count). The molecule has 0 spiro atoms. The lowest BCUT2D eigenvalue weighted by molar-refractivity contribution is 0.182. The summed E-state index contributed by atoms with van der Waals surface area (Å²) in [5.74, 6) is 0. The first-order valence-corrected chi connectivity index (χ1v) is 10.5. The Morgan fingerprint density at radius 1 is 1.46 bits per heavy atom. The maximum atomic E-state index is 12.3. The number of nitrogens with one attached hydrogen (secondary N) is 2. The van der Waals surface area contributed by atoms with Gasteiger partial charge < -0.3 is 10.1 Å². The number of hydrogen-bond donors (Lipinski definition) is 2. The van der Waals surface area contributed by atoms with Crippen molar-refractivity contribution < 1.29 is 17.9 Å². The number of fused-ring (bicyclic) bond motifs is 1. The predicted molar refractivity (Wildman–Crippen MR) is 93.3 cm³/mol. The topological polar surface area (TPSA) is 97.4 Å². The SMILES string of the molecule is COCc1csc(NC(=O)N[C@H]2C[C@H](C)S(=O)(=O)c3sccc32)n1. The zero-order valence-electron chi connectivity index (χ0n) is 13.1. The summed E-state index contributed by atoms with van der Waals surface area (Å²) in [7, 11) is -1.71. The molecule has 0 saturated heterocycles. The largest absolute Gasteiger partial charge is 0.378 e. The van der Waals surface area contributed by atoms with Crippen molar-refractivity contribution in [3.63, 3.8) is 0 Å². The number of anilines is 1. The molecular formula is C14H17N3O4S3. The predicted octanol–water partition coefficient (Wildman–Crippen LogP) is 2.78. The second kappa shape index (κ2) is 6.79. The lowest BCUT2D eigenvalue weighted by atomic mass is 10.1. The van der Waals surface area contributed by atoms with Crippen LogP contribution in [0.5, 0.6) is 0 Å². The summed E-state index contributed by atoms with van der Waals surface area (Å²) in [6, 6.07) is 1.03. The van der Waals surface area contributed by atoms with Crippen LogP contribution in [0.1, 0.15) is 30.6 Å². The van der Waals surface area contributed by atoms with Crippen LogP contribution in [0.2, 0.25) is 0 Å². The number of thiazole rings is 1. The van der Waals surface area contributed by atoms with E-state index in [1.807, 2.05) is 5.38 Å². The number of carbonyl (C=O) groups is 1. The minimum atomic E-state index is -3.29. The number of sulfone groups is 1. The van der Waals surface area contributed by atoms with Gasteiger partial charge in [-0.3, -0.25) is 5.32 Å². The number of aromatic nitrogens is 1. The van der Waals surface area contributed by atoms with Gasteiger partial charge in [-0.15, -0.1) is 22.7 Å². The van der Waals surface area contributed by atoms with Crippen LogP contribution in [0.25, 0.3) is 0 Å². The Bertz CT molecular complexity index is 843. The van der Waals surface area contributed by atoms with E-state index < -0.39 is 21.1 Å². The quantitative estimate of drug-likeness (QED) is 0.841. The van der Waals surface area contributed by atoms with Crippen LogP contribution in [0, 0.1) is 0 Å². The molecule has 0 aromatic carbocycles. The summed E-state index contributed by atoms with van der Waals surface area (Å²) in [4.78, 5) is 16.4. The first-order chi connectivity index (χ1) is 11.4. The van der Waals surface area contributed by atoms with Gasteiger partial charge in [0.2, 0.25) is 0 Å². The van der Waals surface area contributed by atoms with Gasteiger partial charge in [0, 0.05) is 18.1 Å². The molecule has 2 aromatic rings. The Hall–Kier alpha value is -1.49. The van der Waals surface area contributed by atoms with E-state index in [2.05, 4.69) is 15.6 Å². The molecule has 2 amide bonds. The second-order valence-corrected chi connectivity index (χ2v) is 9.82. The van der Waals surface area contributed by atoms with Crippen LogP contribution in [-0.2, 0) is 21.2 Å². The fourth-order valence-electron chi connectivity index (χ4n) is 2.57. The molecule has 1 aliphatic rings. The smallest absolute Gasteiger partial charge is 0.321 e. The van der Waals surface area contributed by atoms with Gasteiger partial charge in [-0.05, 0) is 24.8 Å². The molecular weight excluding hydrogens is 370 g/mol. The lowest BCUT2D eigenvalue weighted by Crippen LogP contribution is -2.38. The van der Waals surface area contributed by atoms with Gasteiger partial charge in [-0.25, -0.2) is 18.2 Å². The summed E-state index contributed by atoms with van der Waals surface area (Å²) in [6.07, 6.45) is 0.353. The lowest BCUT2D eigenvalue weighted by Gasteiger charge is -2.27. The monoisotopic (exact) mass is 387 g/mol. The van der Waals surface area contributed by atoms with Crippen LogP contribution in [0.4, 0.5) is 9.93 Å². The van der Waals surface area contributed by atoms with Crippen LogP contribution in [0.3, 0.4) is 0 Å². The number of rotatable bonds is 4. The Kier molecular flexibility index (Phi) is 4.90. The van der Waals surface area contributed by atoms with Crippen LogP contribution in [0.15, 0.2) is 21.0 Å². The third-order valence-electron chi connectivity index (χ3n) is 3.76. The van der Waals surface area contributed by atoms with E-state index in [0.29, 0.717) is 27.9 Å². The highest BCUT2D eigenvalue weighted by molar-refractivity contribution is 7.94. The maximum absolute atomic E-state index is 12.3. The highest BCUT2D eigenvalue weighted by atomic mass is 32.2. The van der Waals surface area contributed by atoms with Crippen molar-refractivity contribution in [3.05, 3.63) is 28.1 Å². The van der Waals surface area contributed by atoms with E-state index in [1.54, 1.807) is 25.5 Å². The van der Waals surface area contributed by atoms with Gasteiger partial charge >= 0.3 is 6.03 Å². The summed E-state index contributed by atoms with van der Waals surface area (Å²) in [6.45, 7) is 2.05. The third-order valence-corrected chi connectivity index (χ3v) is 8.28. The number of urea groups is 1. The van der Waals surface area contributed by atoms with E-state index in [4.69, 9.17) is 4.74 Å². The molecule has 2 atom stereocenters. The first kappa shape index (κ1) is 17.3. The molecule has 0 radical (unpaired) electrons. The van der Waals surface area contributed by atoms with Gasteiger partial charge in [0.15, 0.2) is 15.0 Å². The normalized spacial score (nSPS) is 21.9. The molecule has 0 aliphatic carbocycles. The Morgan fingerprint density at radius 2 is 2.25 bits per heavy atom. The Labute approximate surface area is 148 Å². The molecule has 0 unspecified atom stereocenters. The third kappa shape index (κ3) is 3.32. The standard InChI is InChI=1S/C14H17N3O4S3/c1-8-5-11(10-3-4-22-12(10)24(8,19)20)16-13(18)17-14-15-9(6-21-2)7-23-14/h3-4,7-8,11H,5-6H2,1-2H3,(H2,15,16,17,18)/t8-,11-/m0/s1. The van der Waals surface area contributed by atoms with E-state index in [9.17, 15) is 13.2 Å². The molecule has 0 saturated carbocycles. The zero-order valence-corrected chi connectivity index (χ0v) is 15.6. The maximum Gasteiger partial charge on any atom is 0.321 e. The zero-order chi connectivity index (χ0) is 17.3. The summed E-state index contributed by atoms with van der Waals surface area (Å²) >= 11 is 2.51. The number of hydrogen-bond acceptors (Lipinski definition) is 7.